The molecule has 3 heterocycles. The number of nitrogens with two attached hydrogens (primary N) is 1. The van der Waals surface area contributed by atoms with Gasteiger partial charge in [-0.15, -0.1) is 0 Å². The summed E-state index contributed by atoms with van der Waals surface area (Å²) in [6.07, 6.45) is 4.70. The molecule has 1 fully saturated rings. The van der Waals surface area contributed by atoms with Gasteiger partial charge in [0.25, 0.3) is 0 Å². The van der Waals surface area contributed by atoms with E-state index in [0.29, 0.717) is 25.9 Å². The number of rotatable bonds is 3. The van der Waals surface area contributed by atoms with Gasteiger partial charge in [0.05, 0.1) is 5.41 Å². The van der Waals surface area contributed by atoms with Crippen LogP contribution in [0.4, 0.5) is 5.69 Å². The Kier molecular flexibility index (Phi) is 4.79. The molecular weight excluding hydrogens is 388 g/mol. The molecule has 0 saturated carbocycles. The van der Waals surface area contributed by atoms with Gasteiger partial charge in [-0.25, -0.2) is 0 Å². The molecule has 1 aromatic heterocycles. The first-order valence-electron chi connectivity index (χ1n) is 10.5. The van der Waals surface area contributed by atoms with Crippen molar-refractivity contribution in [3.8, 4) is 11.1 Å². The molecule has 6 heteroatoms. The Hall–Kier alpha value is -3.51. The first-order valence-corrected chi connectivity index (χ1v) is 10.5. The summed E-state index contributed by atoms with van der Waals surface area (Å²) in [5, 5.41) is 3.05. The van der Waals surface area contributed by atoms with E-state index in [-0.39, 0.29) is 11.8 Å². The van der Waals surface area contributed by atoms with E-state index in [0.717, 1.165) is 27.9 Å². The SMILES string of the molecule is N[C@@H](C(=O)N1CCC2(CC1)C(=O)Nc1ccc(-c3ccncc3)cc12)c1ccccc1. The molecule has 0 radical (unpaired) electrons. The van der Waals surface area contributed by atoms with Crippen molar-refractivity contribution in [2.24, 2.45) is 5.73 Å². The Bertz CT molecular complexity index is 1120. The van der Waals surface area contributed by atoms with E-state index in [9.17, 15) is 9.59 Å². The zero-order valence-corrected chi connectivity index (χ0v) is 17.1. The van der Waals surface area contributed by atoms with Crippen LogP contribution in [0.2, 0.25) is 0 Å². The summed E-state index contributed by atoms with van der Waals surface area (Å²) in [5.41, 5.74) is 10.4. The van der Waals surface area contributed by atoms with Crippen LogP contribution in [0.1, 0.15) is 30.0 Å². The Morgan fingerprint density at radius 2 is 1.71 bits per heavy atom. The van der Waals surface area contributed by atoms with E-state index in [1.54, 1.807) is 17.3 Å². The summed E-state index contributed by atoms with van der Waals surface area (Å²) in [4.78, 5) is 31.9. The number of carbonyl (C=O) groups is 2. The maximum Gasteiger partial charge on any atom is 0.244 e. The number of anilines is 1. The van der Waals surface area contributed by atoms with Crippen molar-refractivity contribution < 1.29 is 9.59 Å². The number of hydrogen-bond acceptors (Lipinski definition) is 4. The average molecular weight is 412 g/mol. The van der Waals surface area contributed by atoms with E-state index < -0.39 is 11.5 Å². The lowest BCUT2D eigenvalue weighted by atomic mass is 9.73. The number of pyridine rings is 1. The van der Waals surface area contributed by atoms with Crippen LogP contribution in [0.3, 0.4) is 0 Å². The van der Waals surface area contributed by atoms with Gasteiger partial charge in [-0.3, -0.25) is 14.6 Å². The molecule has 156 valence electrons. The van der Waals surface area contributed by atoms with E-state index in [1.807, 2.05) is 54.6 Å². The number of carbonyl (C=O) groups excluding carboxylic acids is 2. The van der Waals surface area contributed by atoms with Gasteiger partial charge in [0.1, 0.15) is 6.04 Å². The van der Waals surface area contributed by atoms with Crippen molar-refractivity contribution in [3.05, 3.63) is 84.2 Å². The summed E-state index contributed by atoms with van der Waals surface area (Å²) in [7, 11) is 0. The second-order valence-corrected chi connectivity index (χ2v) is 8.25. The van der Waals surface area contributed by atoms with Crippen LogP contribution in [0.15, 0.2) is 73.1 Å². The van der Waals surface area contributed by atoms with Gasteiger partial charge in [-0.2, -0.15) is 0 Å². The van der Waals surface area contributed by atoms with Crippen molar-refractivity contribution in [1.82, 2.24) is 9.88 Å². The summed E-state index contributed by atoms with van der Waals surface area (Å²) in [5.74, 6) is -0.0703. The van der Waals surface area contributed by atoms with Crippen molar-refractivity contribution in [2.75, 3.05) is 18.4 Å². The van der Waals surface area contributed by atoms with Crippen molar-refractivity contribution in [3.63, 3.8) is 0 Å². The van der Waals surface area contributed by atoms with Crippen LogP contribution in [-0.2, 0) is 15.0 Å². The van der Waals surface area contributed by atoms with Crippen molar-refractivity contribution in [1.29, 1.82) is 0 Å². The highest BCUT2D eigenvalue weighted by Crippen LogP contribution is 2.46. The number of likely N-dealkylation sites (tertiary alicyclic amines) is 1. The molecule has 3 aromatic rings. The van der Waals surface area contributed by atoms with Crippen LogP contribution in [0.25, 0.3) is 11.1 Å². The molecule has 3 N–H and O–H groups in total. The second-order valence-electron chi connectivity index (χ2n) is 8.25. The molecule has 2 aromatic carbocycles. The largest absolute Gasteiger partial charge is 0.341 e. The van der Waals surface area contributed by atoms with Crippen LogP contribution in [0.5, 0.6) is 0 Å². The molecule has 1 atom stereocenters. The Balaban J connectivity index is 1.38. The summed E-state index contributed by atoms with van der Waals surface area (Å²) >= 11 is 0. The number of piperidine rings is 1. The molecule has 0 aliphatic carbocycles. The third kappa shape index (κ3) is 3.29. The van der Waals surface area contributed by atoms with Crippen molar-refractivity contribution in [2.45, 2.75) is 24.3 Å². The highest BCUT2D eigenvalue weighted by atomic mass is 16.2. The van der Waals surface area contributed by atoms with Gasteiger partial charge in [0.2, 0.25) is 11.8 Å². The number of fused-ring (bicyclic) bond motifs is 2. The standard InChI is InChI=1S/C25H24N4O2/c26-22(18-4-2-1-3-5-18)23(30)29-14-10-25(11-15-29)20-16-19(17-8-12-27-13-9-17)6-7-21(20)28-24(25)31/h1-9,12-13,16,22H,10-11,14-15,26H2,(H,28,31)/t22-/m1/s1. The monoisotopic (exact) mass is 412 g/mol. The number of nitrogens with one attached hydrogen (secondary N) is 1. The minimum absolute atomic E-state index is 0.0221. The number of hydrogen-bond donors (Lipinski definition) is 2. The molecule has 1 saturated heterocycles. The smallest absolute Gasteiger partial charge is 0.244 e. The van der Waals surface area contributed by atoms with E-state index >= 15 is 0 Å². The molecule has 2 amide bonds. The number of amides is 2. The van der Waals surface area contributed by atoms with E-state index in [2.05, 4.69) is 16.4 Å². The van der Waals surface area contributed by atoms with E-state index in [1.165, 1.54) is 0 Å². The molecule has 2 aliphatic rings. The predicted molar refractivity (Wildman–Crippen MR) is 119 cm³/mol. The maximum atomic E-state index is 13.0. The number of nitrogens with zero attached hydrogens (tertiary/aromatic N) is 2. The lowest BCUT2D eigenvalue weighted by Gasteiger charge is -2.39. The molecule has 0 bridgehead atoms. The predicted octanol–water partition coefficient (Wildman–Crippen LogP) is 3.26. The summed E-state index contributed by atoms with van der Waals surface area (Å²) < 4.78 is 0. The molecule has 2 aliphatic heterocycles. The minimum Gasteiger partial charge on any atom is -0.341 e. The van der Waals surface area contributed by atoms with E-state index in [4.69, 9.17) is 5.73 Å². The molecule has 31 heavy (non-hydrogen) atoms. The quantitative estimate of drug-likeness (QED) is 0.691. The van der Waals surface area contributed by atoms with Gasteiger partial charge in [0.15, 0.2) is 0 Å². The van der Waals surface area contributed by atoms with Gasteiger partial charge >= 0.3 is 0 Å². The fourth-order valence-electron chi connectivity index (χ4n) is 4.74. The molecule has 6 nitrogen and oxygen atoms in total. The van der Waals surface area contributed by atoms with Crippen LogP contribution < -0.4 is 11.1 Å². The lowest BCUT2D eigenvalue weighted by molar-refractivity contribution is -0.136. The molecular formula is C25H24N4O2. The number of benzene rings is 2. The normalized spacial score (nSPS) is 17.8. The van der Waals surface area contributed by atoms with Gasteiger partial charge in [-0.1, -0.05) is 36.4 Å². The fourth-order valence-corrected chi connectivity index (χ4v) is 4.74. The molecule has 0 unspecified atom stereocenters. The van der Waals surface area contributed by atoms with Gasteiger partial charge < -0.3 is 16.0 Å². The average Bonchev–Trinajstić information content (AvgIpc) is 3.10. The molecule has 1 spiro atoms. The highest BCUT2D eigenvalue weighted by Gasteiger charge is 2.49. The maximum absolute atomic E-state index is 13.0. The highest BCUT2D eigenvalue weighted by molar-refractivity contribution is 6.07. The zero-order valence-electron chi connectivity index (χ0n) is 17.1. The second kappa shape index (κ2) is 7.63. The first-order chi connectivity index (χ1) is 15.1. The summed E-state index contributed by atoms with van der Waals surface area (Å²) in [6, 6.07) is 18.8. The van der Waals surface area contributed by atoms with Gasteiger partial charge in [-0.05, 0) is 59.4 Å². The Labute approximate surface area is 181 Å². The topological polar surface area (TPSA) is 88.3 Å². The lowest BCUT2D eigenvalue weighted by Crippen LogP contribution is -2.50. The van der Waals surface area contributed by atoms with Crippen molar-refractivity contribution >= 4 is 17.5 Å². The zero-order chi connectivity index (χ0) is 21.4. The Morgan fingerprint density at radius 3 is 2.42 bits per heavy atom. The third-order valence-corrected chi connectivity index (χ3v) is 6.59. The number of aromatic nitrogens is 1. The van der Waals surface area contributed by atoms with Crippen LogP contribution in [-0.4, -0.2) is 34.8 Å². The fraction of sp³-hybridized carbons (Fsp3) is 0.240. The van der Waals surface area contributed by atoms with Gasteiger partial charge in [0, 0.05) is 31.2 Å². The first kappa shape index (κ1) is 19.5. The minimum atomic E-state index is -0.682. The van der Waals surface area contributed by atoms with Crippen LogP contribution in [0, 0.1) is 0 Å². The molecule has 5 rings (SSSR count). The third-order valence-electron chi connectivity index (χ3n) is 6.59. The summed E-state index contributed by atoms with van der Waals surface area (Å²) in [6.45, 7) is 1.01. The Morgan fingerprint density at radius 1 is 1.00 bits per heavy atom. The van der Waals surface area contributed by atoms with Crippen LogP contribution >= 0.6 is 0 Å².